The molecule has 1 saturated heterocycles. The van der Waals surface area contributed by atoms with Crippen LogP contribution in [0.25, 0.3) is 0 Å². The van der Waals surface area contributed by atoms with Gasteiger partial charge in [0, 0.05) is 6.61 Å². The van der Waals surface area contributed by atoms with Crippen molar-refractivity contribution in [3.05, 3.63) is 29.8 Å². The van der Waals surface area contributed by atoms with Crippen LogP contribution in [-0.2, 0) is 10.2 Å². The third-order valence-corrected chi connectivity index (χ3v) is 3.68. The molecule has 1 aliphatic rings. The van der Waals surface area contributed by atoms with E-state index >= 15 is 0 Å². The average Bonchev–Trinajstić information content (AvgIpc) is 2.87. The number of benzene rings is 1. The van der Waals surface area contributed by atoms with Crippen LogP contribution < -0.4 is 4.74 Å². The summed E-state index contributed by atoms with van der Waals surface area (Å²) in [5.74, 6) is 0.973. The molecule has 1 aromatic rings. The van der Waals surface area contributed by atoms with E-state index in [0.29, 0.717) is 6.10 Å². The first-order valence-corrected chi connectivity index (χ1v) is 7.41. The lowest BCUT2D eigenvalue weighted by Crippen LogP contribution is -2.11. The van der Waals surface area contributed by atoms with Crippen molar-refractivity contribution in [2.75, 3.05) is 13.2 Å². The molecule has 0 aromatic heterocycles. The first-order chi connectivity index (χ1) is 9.05. The highest BCUT2D eigenvalue weighted by atomic mass is 16.5. The first kappa shape index (κ1) is 14.4. The molecule has 1 atom stereocenters. The maximum atomic E-state index is 5.78. The van der Waals surface area contributed by atoms with Crippen LogP contribution >= 0.6 is 0 Å². The standard InChI is InChI=1S/C17H26O2/c1-17(2,3)14-8-10-16(11-9-14)19-13-5-7-15-6-4-12-18-15/h8-11,15H,4-7,12-13H2,1-3H3. The summed E-state index contributed by atoms with van der Waals surface area (Å²) in [5, 5.41) is 0. The zero-order chi connectivity index (χ0) is 13.7. The molecule has 1 fully saturated rings. The van der Waals surface area contributed by atoms with Gasteiger partial charge in [-0.15, -0.1) is 0 Å². The second-order valence-electron chi connectivity index (χ2n) is 6.40. The van der Waals surface area contributed by atoms with E-state index in [9.17, 15) is 0 Å². The van der Waals surface area contributed by atoms with E-state index in [0.717, 1.165) is 31.8 Å². The Morgan fingerprint density at radius 3 is 2.53 bits per heavy atom. The Morgan fingerprint density at radius 2 is 1.95 bits per heavy atom. The molecule has 106 valence electrons. The Bertz CT molecular complexity index is 369. The Balaban J connectivity index is 1.71. The molecule has 0 spiro atoms. The quantitative estimate of drug-likeness (QED) is 0.736. The second kappa shape index (κ2) is 6.42. The molecule has 2 rings (SSSR count). The molecule has 19 heavy (non-hydrogen) atoms. The minimum absolute atomic E-state index is 0.207. The molecule has 1 aromatic carbocycles. The number of ether oxygens (including phenoxy) is 2. The monoisotopic (exact) mass is 262 g/mol. The molecular weight excluding hydrogens is 236 g/mol. The molecule has 0 amide bonds. The SMILES string of the molecule is CC(C)(C)c1ccc(OCCCC2CCCO2)cc1. The molecule has 2 heteroatoms. The lowest BCUT2D eigenvalue weighted by atomic mass is 9.87. The van der Waals surface area contributed by atoms with Gasteiger partial charge in [-0.05, 0) is 48.8 Å². The van der Waals surface area contributed by atoms with Crippen LogP contribution in [-0.4, -0.2) is 19.3 Å². The van der Waals surface area contributed by atoms with Crippen LogP contribution in [0.4, 0.5) is 0 Å². The highest BCUT2D eigenvalue weighted by Gasteiger charge is 2.15. The Labute approximate surface area is 117 Å². The van der Waals surface area contributed by atoms with Crippen LogP contribution in [0.3, 0.4) is 0 Å². The van der Waals surface area contributed by atoms with Crippen molar-refractivity contribution < 1.29 is 9.47 Å². The van der Waals surface area contributed by atoms with Crippen molar-refractivity contribution in [1.29, 1.82) is 0 Å². The molecular formula is C17H26O2. The minimum atomic E-state index is 0.207. The van der Waals surface area contributed by atoms with Crippen LogP contribution in [0, 0.1) is 0 Å². The first-order valence-electron chi connectivity index (χ1n) is 7.41. The molecule has 1 heterocycles. The summed E-state index contributed by atoms with van der Waals surface area (Å²) in [6.45, 7) is 8.41. The van der Waals surface area contributed by atoms with E-state index in [1.807, 2.05) is 0 Å². The van der Waals surface area contributed by atoms with Gasteiger partial charge in [0.1, 0.15) is 5.75 Å². The van der Waals surface area contributed by atoms with Crippen molar-refractivity contribution in [2.24, 2.45) is 0 Å². The zero-order valence-electron chi connectivity index (χ0n) is 12.4. The molecule has 0 saturated carbocycles. The van der Waals surface area contributed by atoms with Crippen molar-refractivity contribution >= 4 is 0 Å². The highest BCUT2D eigenvalue weighted by molar-refractivity contribution is 5.31. The molecule has 2 nitrogen and oxygen atoms in total. The molecule has 1 unspecified atom stereocenters. The number of hydrogen-bond acceptors (Lipinski definition) is 2. The van der Waals surface area contributed by atoms with Gasteiger partial charge in [0.05, 0.1) is 12.7 Å². The lowest BCUT2D eigenvalue weighted by molar-refractivity contribution is 0.0981. The van der Waals surface area contributed by atoms with Crippen LogP contribution in [0.2, 0.25) is 0 Å². The van der Waals surface area contributed by atoms with E-state index in [-0.39, 0.29) is 5.41 Å². The van der Waals surface area contributed by atoms with Crippen LogP contribution in [0.1, 0.15) is 52.0 Å². The summed E-state index contributed by atoms with van der Waals surface area (Å²) in [4.78, 5) is 0. The van der Waals surface area contributed by atoms with E-state index in [2.05, 4.69) is 45.0 Å². The smallest absolute Gasteiger partial charge is 0.119 e. The maximum Gasteiger partial charge on any atom is 0.119 e. The van der Waals surface area contributed by atoms with Crippen molar-refractivity contribution in [3.8, 4) is 5.75 Å². The van der Waals surface area contributed by atoms with Crippen LogP contribution in [0.15, 0.2) is 24.3 Å². The minimum Gasteiger partial charge on any atom is -0.494 e. The van der Waals surface area contributed by atoms with Crippen molar-refractivity contribution in [3.63, 3.8) is 0 Å². The van der Waals surface area contributed by atoms with Gasteiger partial charge in [0.15, 0.2) is 0 Å². The van der Waals surface area contributed by atoms with Gasteiger partial charge in [0.25, 0.3) is 0 Å². The fraction of sp³-hybridized carbons (Fsp3) is 0.647. The van der Waals surface area contributed by atoms with E-state index in [1.54, 1.807) is 0 Å². The van der Waals surface area contributed by atoms with E-state index in [1.165, 1.54) is 18.4 Å². The average molecular weight is 262 g/mol. The van der Waals surface area contributed by atoms with Crippen molar-refractivity contribution in [1.82, 2.24) is 0 Å². The summed E-state index contributed by atoms with van der Waals surface area (Å²) in [6.07, 6.45) is 5.12. The normalized spacial score (nSPS) is 19.6. The largest absolute Gasteiger partial charge is 0.494 e. The van der Waals surface area contributed by atoms with Crippen LogP contribution in [0.5, 0.6) is 5.75 Å². The van der Waals surface area contributed by atoms with Gasteiger partial charge in [0.2, 0.25) is 0 Å². The highest BCUT2D eigenvalue weighted by Crippen LogP contribution is 2.24. The Hall–Kier alpha value is -1.02. The summed E-state index contributed by atoms with van der Waals surface area (Å²) >= 11 is 0. The second-order valence-corrected chi connectivity index (χ2v) is 6.40. The Kier molecular flexibility index (Phi) is 4.87. The third kappa shape index (κ3) is 4.54. The fourth-order valence-electron chi connectivity index (χ4n) is 2.42. The van der Waals surface area contributed by atoms with Crippen molar-refractivity contribution in [2.45, 2.75) is 58.0 Å². The molecule has 0 aliphatic carbocycles. The lowest BCUT2D eigenvalue weighted by Gasteiger charge is -2.19. The van der Waals surface area contributed by atoms with Gasteiger partial charge >= 0.3 is 0 Å². The molecule has 0 radical (unpaired) electrons. The fourth-order valence-corrected chi connectivity index (χ4v) is 2.42. The number of rotatable bonds is 5. The van der Waals surface area contributed by atoms with E-state index < -0.39 is 0 Å². The molecule has 1 aliphatic heterocycles. The van der Waals surface area contributed by atoms with Gasteiger partial charge in [-0.25, -0.2) is 0 Å². The predicted molar refractivity (Wildman–Crippen MR) is 78.8 cm³/mol. The Morgan fingerprint density at radius 1 is 1.21 bits per heavy atom. The predicted octanol–water partition coefficient (Wildman–Crippen LogP) is 4.32. The summed E-state index contributed by atoms with van der Waals surface area (Å²) < 4.78 is 11.4. The van der Waals surface area contributed by atoms with E-state index in [4.69, 9.17) is 9.47 Å². The third-order valence-electron chi connectivity index (χ3n) is 3.68. The topological polar surface area (TPSA) is 18.5 Å². The summed E-state index contributed by atoms with van der Waals surface area (Å²) in [5.41, 5.74) is 1.55. The molecule has 0 N–H and O–H groups in total. The van der Waals surface area contributed by atoms with Gasteiger partial charge in [-0.1, -0.05) is 32.9 Å². The zero-order valence-corrected chi connectivity index (χ0v) is 12.4. The summed E-state index contributed by atoms with van der Waals surface area (Å²) in [6, 6.07) is 8.48. The van der Waals surface area contributed by atoms with Gasteiger partial charge in [-0.3, -0.25) is 0 Å². The van der Waals surface area contributed by atoms with Gasteiger partial charge < -0.3 is 9.47 Å². The summed E-state index contributed by atoms with van der Waals surface area (Å²) in [7, 11) is 0. The maximum absolute atomic E-state index is 5.78. The number of hydrogen-bond donors (Lipinski definition) is 0. The van der Waals surface area contributed by atoms with Gasteiger partial charge in [-0.2, -0.15) is 0 Å². The molecule has 0 bridgehead atoms.